The fourth-order valence-electron chi connectivity index (χ4n) is 3.56. The predicted molar refractivity (Wildman–Crippen MR) is 118 cm³/mol. The van der Waals surface area contributed by atoms with Crippen molar-refractivity contribution >= 4 is 29.1 Å². The molecule has 1 unspecified atom stereocenters. The minimum Gasteiger partial charge on any atom is -0.511 e. The van der Waals surface area contributed by atoms with Gasteiger partial charge in [-0.3, -0.25) is 0 Å². The molecule has 0 saturated heterocycles. The van der Waals surface area contributed by atoms with Crippen LogP contribution in [0.1, 0.15) is 29.5 Å². The average molecular weight is 423 g/mol. The molecule has 4 rings (SSSR count). The van der Waals surface area contributed by atoms with Crippen LogP contribution >= 0.6 is 23.1 Å². The zero-order chi connectivity index (χ0) is 20.3. The van der Waals surface area contributed by atoms with Crippen molar-refractivity contribution in [2.45, 2.75) is 36.0 Å². The maximum atomic E-state index is 13.0. The molecule has 0 spiro atoms. The van der Waals surface area contributed by atoms with E-state index in [1.807, 2.05) is 66.9 Å². The summed E-state index contributed by atoms with van der Waals surface area (Å²) in [6.45, 7) is 2.00. The smallest absolute Gasteiger partial charge is 0.349 e. The third-order valence-corrected chi connectivity index (χ3v) is 7.62. The number of hydrogen-bond donors (Lipinski definition) is 1. The fraction of sp³-hybridized carbons (Fsp3) is 0.208. The third kappa shape index (κ3) is 4.26. The Hall–Kier alpha value is -2.50. The monoisotopic (exact) mass is 422 g/mol. The zero-order valence-electron chi connectivity index (χ0n) is 16.1. The Kier molecular flexibility index (Phi) is 5.79. The Balaban J connectivity index is 1.65. The quantitative estimate of drug-likeness (QED) is 0.467. The summed E-state index contributed by atoms with van der Waals surface area (Å²) in [5.74, 6) is -0.348. The van der Waals surface area contributed by atoms with Gasteiger partial charge in [-0.15, -0.1) is 11.3 Å². The highest BCUT2D eigenvalue weighted by Crippen LogP contribution is 2.46. The van der Waals surface area contributed by atoms with Crippen molar-refractivity contribution < 1.29 is 14.6 Å². The zero-order valence-corrected chi connectivity index (χ0v) is 17.8. The first-order valence-electron chi connectivity index (χ1n) is 9.54. The number of hydrogen-bond acceptors (Lipinski definition) is 5. The van der Waals surface area contributed by atoms with E-state index in [0.29, 0.717) is 11.3 Å². The molecule has 0 radical (unpaired) electrons. The average Bonchev–Trinajstić information content (AvgIpc) is 3.15. The van der Waals surface area contributed by atoms with E-state index in [1.165, 1.54) is 17.3 Å². The number of carbonyl (C=O) groups excluding carboxylic acids is 1. The molecule has 5 heteroatoms. The van der Waals surface area contributed by atoms with Gasteiger partial charge in [0.15, 0.2) is 0 Å². The van der Waals surface area contributed by atoms with Gasteiger partial charge in [0.25, 0.3) is 0 Å². The lowest BCUT2D eigenvalue weighted by molar-refractivity contribution is -0.160. The summed E-state index contributed by atoms with van der Waals surface area (Å²) in [7, 11) is 0. The Morgan fingerprint density at radius 1 is 1.07 bits per heavy atom. The number of aliphatic hydroxyl groups is 1. The summed E-state index contributed by atoms with van der Waals surface area (Å²) in [6, 6.07) is 21.9. The Labute approximate surface area is 179 Å². The highest BCUT2D eigenvalue weighted by atomic mass is 32.2. The lowest BCUT2D eigenvalue weighted by Gasteiger charge is -2.37. The SMILES string of the molecule is Cc1ccsc1SC1=C(O)CC(CCc2ccccc2)(c2ccccc2)OC1=O. The van der Waals surface area contributed by atoms with Crippen molar-refractivity contribution in [3.05, 3.63) is 99.5 Å². The van der Waals surface area contributed by atoms with Crippen LogP contribution in [0.25, 0.3) is 0 Å². The molecule has 1 atom stereocenters. The highest BCUT2D eigenvalue weighted by Gasteiger charge is 2.43. The van der Waals surface area contributed by atoms with Crippen LogP contribution < -0.4 is 0 Å². The summed E-state index contributed by atoms with van der Waals surface area (Å²) in [4.78, 5) is 13.3. The standard InChI is InChI=1S/C24H22O3S2/c1-17-13-15-28-23(17)29-21-20(25)16-24(27-22(21)26,19-10-6-3-7-11-19)14-12-18-8-4-2-5-9-18/h2-11,13,15,25H,12,14,16H2,1H3. The van der Waals surface area contributed by atoms with Crippen LogP contribution in [0.3, 0.4) is 0 Å². The van der Waals surface area contributed by atoms with Crippen molar-refractivity contribution in [1.29, 1.82) is 0 Å². The molecule has 3 nitrogen and oxygen atoms in total. The van der Waals surface area contributed by atoms with Crippen molar-refractivity contribution in [1.82, 2.24) is 0 Å². The molecule has 0 saturated carbocycles. The predicted octanol–water partition coefficient (Wildman–Crippen LogP) is 6.39. The summed E-state index contributed by atoms with van der Waals surface area (Å²) in [5, 5.41) is 12.9. The van der Waals surface area contributed by atoms with Gasteiger partial charge in [-0.25, -0.2) is 4.79 Å². The summed E-state index contributed by atoms with van der Waals surface area (Å²) >= 11 is 2.86. The van der Waals surface area contributed by atoms with Crippen molar-refractivity contribution in [3.63, 3.8) is 0 Å². The van der Waals surface area contributed by atoms with Gasteiger partial charge in [-0.1, -0.05) is 72.4 Å². The maximum absolute atomic E-state index is 13.0. The highest BCUT2D eigenvalue weighted by molar-refractivity contribution is 8.05. The number of cyclic esters (lactones) is 1. The normalized spacial score (nSPS) is 19.3. The molecule has 0 fully saturated rings. The number of thiophene rings is 1. The molecule has 3 aromatic rings. The second-order valence-corrected chi connectivity index (χ2v) is 9.38. The van der Waals surface area contributed by atoms with E-state index in [-0.39, 0.29) is 12.2 Å². The van der Waals surface area contributed by atoms with Gasteiger partial charge in [-0.2, -0.15) is 0 Å². The van der Waals surface area contributed by atoms with E-state index in [1.54, 1.807) is 11.3 Å². The molecule has 0 bridgehead atoms. The number of aryl methyl sites for hydroxylation is 2. The van der Waals surface area contributed by atoms with Crippen LogP contribution in [0, 0.1) is 6.92 Å². The van der Waals surface area contributed by atoms with Gasteiger partial charge < -0.3 is 9.84 Å². The molecule has 1 N–H and O–H groups in total. The molecule has 2 heterocycles. The lowest BCUT2D eigenvalue weighted by atomic mass is 9.82. The van der Waals surface area contributed by atoms with Gasteiger partial charge >= 0.3 is 5.97 Å². The summed E-state index contributed by atoms with van der Waals surface area (Å²) in [5.41, 5.74) is 2.31. The van der Waals surface area contributed by atoms with Gasteiger partial charge in [0.1, 0.15) is 16.3 Å². The fourth-order valence-corrected chi connectivity index (χ4v) is 5.55. The van der Waals surface area contributed by atoms with Gasteiger partial charge in [-0.05, 0) is 47.9 Å². The Bertz CT molecular complexity index is 1020. The van der Waals surface area contributed by atoms with E-state index < -0.39 is 11.6 Å². The number of esters is 1. The molecule has 148 valence electrons. The van der Waals surface area contributed by atoms with E-state index in [0.717, 1.165) is 21.8 Å². The second kappa shape index (κ2) is 8.47. The number of carbonyl (C=O) groups is 1. The molecule has 0 amide bonds. The third-order valence-electron chi connectivity index (χ3n) is 5.16. The molecule has 0 aliphatic carbocycles. The molecule has 2 aromatic carbocycles. The van der Waals surface area contributed by atoms with E-state index >= 15 is 0 Å². The molecular formula is C24H22O3S2. The molecule has 1 aliphatic heterocycles. The van der Waals surface area contributed by atoms with Crippen LogP contribution in [-0.2, 0) is 21.6 Å². The first kappa shape index (κ1) is 19.8. The number of benzene rings is 2. The minimum absolute atomic E-state index is 0.107. The van der Waals surface area contributed by atoms with Crippen molar-refractivity contribution in [2.75, 3.05) is 0 Å². The maximum Gasteiger partial charge on any atom is 0.349 e. The lowest BCUT2D eigenvalue weighted by Crippen LogP contribution is -2.38. The van der Waals surface area contributed by atoms with Crippen LogP contribution in [0.2, 0.25) is 0 Å². The van der Waals surface area contributed by atoms with Crippen molar-refractivity contribution in [3.8, 4) is 0 Å². The molecule has 29 heavy (non-hydrogen) atoms. The van der Waals surface area contributed by atoms with Crippen LogP contribution in [-0.4, -0.2) is 11.1 Å². The topological polar surface area (TPSA) is 46.5 Å². The first-order chi connectivity index (χ1) is 14.1. The number of thioether (sulfide) groups is 1. The van der Waals surface area contributed by atoms with Crippen molar-refractivity contribution in [2.24, 2.45) is 0 Å². The Morgan fingerprint density at radius 2 is 1.76 bits per heavy atom. The number of ether oxygens (including phenoxy) is 1. The number of rotatable bonds is 6. The Morgan fingerprint density at radius 3 is 2.38 bits per heavy atom. The minimum atomic E-state index is -0.868. The second-order valence-electron chi connectivity index (χ2n) is 7.18. The van der Waals surface area contributed by atoms with E-state index in [4.69, 9.17) is 4.74 Å². The van der Waals surface area contributed by atoms with Crippen LogP contribution in [0.5, 0.6) is 0 Å². The molecular weight excluding hydrogens is 400 g/mol. The number of aliphatic hydroxyl groups excluding tert-OH is 1. The van der Waals surface area contributed by atoms with Gasteiger partial charge in [0.05, 0.1) is 10.6 Å². The summed E-state index contributed by atoms with van der Waals surface area (Å²) < 4.78 is 7.08. The van der Waals surface area contributed by atoms with Gasteiger partial charge in [0.2, 0.25) is 0 Å². The largest absolute Gasteiger partial charge is 0.511 e. The first-order valence-corrected chi connectivity index (χ1v) is 11.2. The van der Waals surface area contributed by atoms with Crippen LogP contribution in [0.4, 0.5) is 0 Å². The van der Waals surface area contributed by atoms with Gasteiger partial charge in [0, 0.05) is 0 Å². The van der Waals surface area contributed by atoms with E-state index in [2.05, 4.69) is 12.1 Å². The van der Waals surface area contributed by atoms with Crippen LogP contribution in [0.15, 0.2) is 87.0 Å². The molecule has 1 aliphatic rings. The summed E-state index contributed by atoms with van der Waals surface area (Å²) in [6.07, 6.45) is 1.64. The van der Waals surface area contributed by atoms with E-state index in [9.17, 15) is 9.90 Å². The molecule has 1 aromatic heterocycles.